The Morgan fingerprint density at radius 2 is 1.76 bits per heavy atom. The highest BCUT2D eigenvalue weighted by Crippen LogP contribution is 2.33. The Balaban J connectivity index is 1.78. The molecular weight excluding hydrogens is 336 g/mol. The Kier molecular flexibility index (Phi) is 4.07. The number of benzene rings is 2. The van der Waals surface area contributed by atoms with Crippen LogP contribution in [0, 0.1) is 0 Å². The van der Waals surface area contributed by atoms with Crippen molar-refractivity contribution < 1.29 is 4.52 Å². The molecule has 0 saturated carbocycles. The van der Waals surface area contributed by atoms with Gasteiger partial charge in [-0.15, -0.1) is 0 Å². The molecule has 0 saturated heterocycles. The van der Waals surface area contributed by atoms with Crippen LogP contribution in [0.5, 0.6) is 0 Å². The molecule has 0 spiro atoms. The Bertz CT molecular complexity index is 999. The number of fused-ring (bicyclic) bond motifs is 1. The van der Waals surface area contributed by atoms with Gasteiger partial charge in [-0.05, 0) is 17.7 Å². The molecule has 25 heavy (non-hydrogen) atoms. The summed E-state index contributed by atoms with van der Waals surface area (Å²) in [5.74, 6) is 0.778. The van der Waals surface area contributed by atoms with Gasteiger partial charge in [0.25, 0.3) is 5.71 Å². The van der Waals surface area contributed by atoms with Crippen molar-refractivity contribution in [1.29, 1.82) is 0 Å². The van der Waals surface area contributed by atoms with Crippen LogP contribution in [0.3, 0.4) is 0 Å². The van der Waals surface area contributed by atoms with Crippen LogP contribution >= 0.6 is 11.6 Å². The average Bonchev–Trinajstić information content (AvgIpc) is 3.07. The van der Waals surface area contributed by atoms with Crippen molar-refractivity contribution in [2.75, 3.05) is 11.9 Å². The van der Waals surface area contributed by atoms with Crippen molar-refractivity contribution in [3.05, 3.63) is 71.5 Å². The maximum absolute atomic E-state index is 5.99. The Morgan fingerprint density at radius 3 is 2.52 bits per heavy atom. The van der Waals surface area contributed by atoms with Crippen LogP contribution in [0.15, 0.2) is 65.4 Å². The first-order valence-corrected chi connectivity index (χ1v) is 8.21. The zero-order chi connectivity index (χ0) is 17.2. The molecule has 0 atom stereocenters. The van der Waals surface area contributed by atoms with E-state index < -0.39 is 0 Å². The van der Waals surface area contributed by atoms with Gasteiger partial charge in [0, 0.05) is 24.2 Å². The molecule has 124 valence electrons. The van der Waals surface area contributed by atoms with E-state index >= 15 is 0 Å². The van der Waals surface area contributed by atoms with Crippen LogP contribution in [0.2, 0.25) is 5.02 Å². The summed E-state index contributed by atoms with van der Waals surface area (Å²) in [5, 5.41) is 5.67. The van der Waals surface area contributed by atoms with E-state index in [1.165, 1.54) is 11.9 Å². The monoisotopic (exact) mass is 350 g/mol. The lowest BCUT2D eigenvalue weighted by molar-refractivity contribution is 0.451. The first-order valence-electron chi connectivity index (χ1n) is 7.84. The van der Waals surface area contributed by atoms with E-state index in [4.69, 9.17) is 16.1 Å². The summed E-state index contributed by atoms with van der Waals surface area (Å²) >= 11 is 5.99. The van der Waals surface area contributed by atoms with E-state index in [2.05, 4.69) is 32.2 Å². The van der Waals surface area contributed by atoms with Crippen LogP contribution in [0.25, 0.3) is 22.4 Å². The fraction of sp³-hybridized carbons (Fsp3) is 0.105. The fourth-order valence-electron chi connectivity index (χ4n) is 2.80. The molecule has 4 aromatic rings. The van der Waals surface area contributed by atoms with E-state index in [-0.39, 0.29) is 0 Å². The summed E-state index contributed by atoms with van der Waals surface area (Å²) in [7, 11) is 1.99. The lowest BCUT2D eigenvalue weighted by atomic mass is 10.1. The highest BCUT2D eigenvalue weighted by Gasteiger charge is 2.19. The van der Waals surface area contributed by atoms with Gasteiger partial charge < -0.3 is 9.42 Å². The predicted molar refractivity (Wildman–Crippen MR) is 98.6 cm³/mol. The molecular formula is C19H15ClN4O. The van der Waals surface area contributed by atoms with Gasteiger partial charge in [-0.1, -0.05) is 59.2 Å². The standard InChI is InChI=1S/C19H15ClN4O/c1-24(11-13-5-3-2-4-6-13)18-16-17(14-7-9-15(20)10-8-14)23-25-19(16)22-12-21-18/h2-10,12H,11H2,1H3. The first kappa shape index (κ1) is 15.6. The van der Waals surface area contributed by atoms with E-state index in [0.717, 1.165) is 23.3 Å². The fourth-order valence-corrected chi connectivity index (χ4v) is 2.92. The second-order valence-electron chi connectivity index (χ2n) is 5.76. The number of hydrogen-bond donors (Lipinski definition) is 0. The average molecular weight is 351 g/mol. The summed E-state index contributed by atoms with van der Waals surface area (Å²) in [6.07, 6.45) is 1.50. The molecule has 2 aromatic carbocycles. The van der Waals surface area contributed by atoms with Crippen molar-refractivity contribution >= 4 is 28.5 Å². The van der Waals surface area contributed by atoms with Crippen molar-refractivity contribution in [2.24, 2.45) is 0 Å². The zero-order valence-corrected chi connectivity index (χ0v) is 14.3. The third kappa shape index (κ3) is 3.06. The van der Waals surface area contributed by atoms with Crippen molar-refractivity contribution in [1.82, 2.24) is 15.1 Å². The number of rotatable bonds is 4. The van der Waals surface area contributed by atoms with Crippen LogP contribution < -0.4 is 4.90 Å². The normalized spacial score (nSPS) is 11.0. The third-order valence-corrected chi connectivity index (χ3v) is 4.25. The van der Waals surface area contributed by atoms with E-state index in [0.29, 0.717) is 16.4 Å². The molecule has 0 amide bonds. The highest BCUT2D eigenvalue weighted by molar-refractivity contribution is 6.30. The van der Waals surface area contributed by atoms with Crippen LogP contribution in [0.1, 0.15) is 5.56 Å². The molecule has 0 unspecified atom stereocenters. The third-order valence-electron chi connectivity index (χ3n) is 3.99. The minimum atomic E-state index is 0.467. The van der Waals surface area contributed by atoms with Gasteiger partial charge in [0.15, 0.2) is 0 Å². The SMILES string of the molecule is CN(Cc1ccccc1)c1ncnc2onc(-c3ccc(Cl)cc3)c12. The van der Waals surface area contributed by atoms with Gasteiger partial charge >= 0.3 is 0 Å². The largest absolute Gasteiger partial charge is 0.355 e. The molecule has 6 heteroatoms. The number of hydrogen-bond acceptors (Lipinski definition) is 5. The second-order valence-corrected chi connectivity index (χ2v) is 6.19. The summed E-state index contributed by atoms with van der Waals surface area (Å²) in [6.45, 7) is 0.720. The summed E-state index contributed by atoms with van der Waals surface area (Å²) in [6, 6.07) is 17.7. The summed E-state index contributed by atoms with van der Waals surface area (Å²) in [5.41, 5.74) is 3.28. The highest BCUT2D eigenvalue weighted by atomic mass is 35.5. The van der Waals surface area contributed by atoms with Crippen molar-refractivity contribution in [3.63, 3.8) is 0 Å². The Morgan fingerprint density at radius 1 is 1.00 bits per heavy atom. The molecule has 5 nitrogen and oxygen atoms in total. The number of nitrogens with zero attached hydrogens (tertiary/aromatic N) is 4. The molecule has 2 heterocycles. The van der Waals surface area contributed by atoms with Gasteiger partial charge in [0.1, 0.15) is 23.2 Å². The molecule has 0 bridgehead atoms. The quantitative estimate of drug-likeness (QED) is 0.539. The molecule has 0 N–H and O–H groups in total. The summed E-state index contributed by atoms with van der Waals surface area (Å²) < 4.78 is 5.41. The van der Waals surface area contributed by atoms with Gasteiger partial charge in [-0.3, -0.25) is 0 Å². The minimum Gasteiger partial charge on any atom is -0.355 e. The van der Waals surface area contributed by atoms with E-state index in [1.54, 1.807) is 0 Å². The number of anilines is 1. The van der Waals surface area contributed by atoms with Crippen LogP contribution in [-0.2, 0) is 6.54 Å². The second kappa shape index (κ2) is 6.53. The minimum absolute atomic E-state index is 0.467. The van der Waals surface area contributed by atoms with Crippen LogP contribution in [0.4, 0.5) is 5.82 Å². The molecule has 0 aliphatic rings. The Labute approximate surface area is 149 Å². The molecule has 0 aliphatic heterocycles. The van der Waals surface area contributed by atoms with Gasteiger partial charge in [-0.2, -0.15) is 4.98 Å². The molecule has 0 aliphatic carbocycles. The number of aromatic nitrogens is 3. The smallest absolute Gasteiger partial charge is 0.263 e. The van der Waals surface area contributed by atoms with Crippen molar-refractivity contribution in [3.8, 4) is 11.3 Å². The van der Waals surface area contributed by atoms with Gasteiger partial charge in [-0.25, -0.2) is 4.98 Å². The van der Waals surface area contributed by atoms with E-state index in [9.17, 15) is 0 Å². The van der Waals surface area contributed by atoms with Gasteiger partial charge in [0.2, 0.25) is 0 Å². The molecule has 2 aromatic heterocycles. The lowest BCUT2D eigenvalue weighted by Gasteiger charge is -2.18. The van der Waals surface area contributed by atoms with Crippen molar-refractivity contribution in [2.45, 2.75) is 6.54 Å². The van der Waals surface area contributed by atoms with Crippen LogP contribution in [-0.4, -0.2) is 22.2 Å². The first-order chi connectivity index (χ1) is 12.2. The maximum Gasteiger partial charge on any atom is 0.263 e. The molecule has 0 fully saturated rings. The van der Waals surface area contributed by atoms with Gasteiger partial charge in [0.05, 0.1) is 0 Å². The maximum atomic E-state index is 5.99. The topological polar surface area (TPSA) is 55.1 Å². The predicted octanol–water partition coefficient (Wildman–Crippen LogP) is 4.57. The summed E-state index contributed by atoms with van der Waals surface area (Å²) in [4.78, 5) is 10.7. The lowest BCUT2D eigenvalue weighted by Crippen LogP contribution is -2.18. The number of halogens is 1. The molecule has 0 radical (unpaired) electrons. The Hall–Kier alpha value is -2.92. The van der Waals surface area contributed by atoms with E-state index in [1.807, 2.05) is 49.5 Å². The molecule has 4 rings (SSSR count). The zero-order valence-electron chi connectivity index (χ0n) is 13.6.